The second-order valence-electron chi connectivity index (χ2n) is 4.33. The van der Waals surface area contributed by atoms with Crippen molar-refractivity contribution < 1.29 is 18.3 Å². The zero-order valence-electron chi connectivity index (χ0n) is 10.8. The van der Waals surface area contributed by atoms with Crippen molar-refractivity contribution in [3.8, 4) is 5.69 Å². The Balaban J connectivity index is 2.30. The summed E-state index contributed by atoms with van der Waals surface area (Å²) in [6.45, 7) is -0.643. The summed E-state index contributed by atoms with van der Waals surface area (Å²) >= 11 is 0. The topological polar surface area (TPSA) is 96.7 Å². The number of aromatic amines is 1. The summed E-state index contributed by atoms with van der Waals surface area (Å²) < 4.78 is 40.0. The Hall–Kier alpha value is -2.75. The van der Waals surface area contributed by atoms with Crippen molar-refractivity contribution in [2.75, 3.05) is 0 Å². The third kappa shape index (κ3) is 2.22. The Morgan fingerprint density at radius 3 is 2.82 bits per heavy atom. The van der Waals surface area contributed by atoms with Gasteiger partial charge < -0.3 is 10.1 Å². The summed E-state index contributed by atoms with van der Waals surface area (Å²) in [6, 6.07) is 2.52. The van der Waals surface area contributed by atoms with E-state index >= 15 is 0 Å². The smallest absolute Gasteiger partial charge is 0.390 e. The molecule has 0 aliphatic carbocycles. The first-order valence-corrected chi connectivity index (χ1v) is 6.02. The van der Waals surface area contributed by atoms with E-state index in [1.54, 1.807) is 0 Å². The van der Waals surface area contributed by atoms with Crippen LogP contribution in [0.4, 0.5) is 13.2 Å². The Bertz CT molecular complexity index is 900. The Labute approximate surface area is 120 Å². The van der Waals surface area contributed by atoms with Gasteiger partial charge in [-0.3, -0.25) is 4.79 Å². The highest BCUT2D eigenvalue weighted by molar-refractivity contribution is 5.71. The quantitative estimate of drug-likeness (QED) is 0.736. The molecule has 0 fully saturated rings. The molecule has 0 aliphatic heterocycles. The summed E-state index contributed by atoms with van der Waals surface area (Å²) in [5.41, 5.74) is -2.16. The van der Waals surface area contributed by atoms with Gasteiger partial charge in [-0.1, -0.05) is 0 Å². The van der Waals surface area contributed by atoms with Crippen LogP contribution in [0.1, 0.15) is 11.4 Å². The lowest BCUT2D eigenvalue weighted by atomic mass is 10.3. The summed E-state index contributed by atoms with van der Waals surface area (Å²) in [4.78, 5) is 21.1. The summed E-state index contributed by atoms with van der Waals surface area (Å²) in [6.07, 6.45) is -2.47. The van der Waals surface area contributed by atoms with Crippen molar-refractivity contribution in [3.63, 3.8) is 0 Å². The van der Waals surface area contributed by atoms with E-state index in [-0.39, 0.29) is 22.5 Å². The third-order valence-electron chi connectivity index (χ3n) is 2.93. The fourth-order valence-corrected chi connectivity index (χ4v) is 1.98. The van der Waals surface area contributed by atoms with Gasteiger partial charge in [-0.2, -0.15) is 18.3 Å². The molecule has 0 amide bonds. The lowest BCUT2D eigenvalue weighted by molar-refractivity contribution is -0.141. The third-order valence-corrected chi connectivity index (χ3v) is 2.93. The molecule has 0 radical (unpaired) electrons. The van der Waals surface area contributed by atoms with Gasteiger partial charge in [0.1, 0.15) is 11.2 Å². The number of rotatable bonds is 2. The van der Waals surface area contributed by atoms with Gasteiger partial charge in [0.15, 0.2) is 11.3 Å². The molecule has 0 spiro atoms. The number of H-pyrrole nitrogens is 1. The number of alkyl halides is 3. The number of aliphatic hydroxyl groups is 1. The summed E-state index contributed by atoms with van der Waals surface area (Å²) in [5, 5.41) is 12.9. The van der Waals surface area contributed by atoms with Gasteiger partial charge in [-0.15, -0.1) is 0 Å². The van der Waals surface area contributed by atoms with Gasteiger partial charge in [0, 0.05) is 6.20 Å². The molecule has 0 aliphatic rings. The first-order valence-electron chi connectivity index (χ1n) is 6.02. The highest BCUT2D eigenvalue weighted by Crippen LogP contribution is 2.32. The van der Waals surface area contributed by atoms with E-state index in [9.17, 15) is 18.0 Å². The Morgan fingerprint density at radius 1 is 1.36 bits per heavy atom. The molecule has 0 aromatic carbocycles. The van der Waals surface area contributed by atoms with Gasteiger partial charge in [0.05, 0.1) is 18.5 Å². The van der Waals surface area contributed by atoms with Crippen molar-refractivity contribution >= 4 is 11.2 Å². The molecule has 2 N–H and O–H groups in total. The van der Waals surface area contributed by atoms with Crippen LogP contribution in [-0.2, 0) is 12.8 Å². The van der Waals surface area contributed by atoms with Gasteiger partial charge in [-0.05, 0) is 12.1 Å². The van der Waals surface area contributed by atoms with E-state index in [1.807, 2.05) is 0 Å². The fraction of sp³-hybridized carbons (Fsp3) is 0.167. The van der Waals surface area contributed by atoms with E-state index in [2.05, 4.69) is 20.1 Å². The minimum Gasteiger partial charge on any atom is -0.390 e. The van der Waals surface area contributed by atoms with Crippen molar-refractivity contribution in [1.29, 1.82) is 0 Å². The van der Waals surface area contributed by atoms with E-state index in [4.69, 9.17) is 5.11 Å². The number of nitrogens with one attached hydrogen (secondary N) is 1. The number of fused-ring (bicyclic) bond motifs is 1. The molecule has 3 aromatic rings. The van der Waals surface area contributed by atoms with Crippen LogP contribution in [0.2, 0.25) is 0 Å². The van der Waals surface area contributed by atoms with E-state index in [0.29, 0.717) is 0 Å². The standard InChI is InChI=1S/C12H8F3N5O2/c13-12(14,15)9-8(2-1-3-16-9)20-10-6(4-17-20)19-11(22)7(5-21)18-10/h1-4,21H,5H2,(H,19,22). The molecule has 10 heteroatoms. The van der Waals surface area contributed by atoms with Crippen molar-refractivity contribution in [1.82, 2.24) is 24.7 Å². The number of aromatic nitrogens is 5. The molecule has 7 nitrogen and oxygen atoms in total. The number of hydrogen-bond donors (Lipinski definition) is 2. The van der Waals surface area contributed by atoms with Gasteiger partial charge >= 0.3 is 6.18 Å². The molecule has 3 rings (SSSR count). The molecular weight excluding hydrogens is 303 g/mol. The van der Waals surface area contributed by atoms with Crippen LogP contribution in [0.3, 0.4) is 0 Å². The normalized spacial score (nSPS) is 12.0. The van der Waals surface area contributed by atoms with Crippen LogP contribution in [0.5, 0.6) is 0 Å². The summed E-state index contributed by atoms with van der Waals surface area (Å²) in [7, 11) is 0. The van der Waals surface area contributed by atoms with Gasteiger partial charge in [0.25, 0.3) is 5.56 Å². The predicted octanol–water partition coefficient (Wildman–Crippen LogP) is 1.01. The molecule has 0 saturated carbocycles. The van der Waals surface area contributed by atoms with Gasteiger partial charge in [0.2, 0.25) is 0 Å². The number of nitrogens with zero attached hydrogens (tertiary/aromatic N) is 4. The van der Waals surface area contributed by atoms with E-state index < -0.39 is 24.0 Å². The molecule has 0 bridgehead atoms. The Kier molecular flexibility index (Phi) is 3.17. The van der Waals surface area contributed by atoms with Crippen LogP contribution in [-0.4, -0.2) is 29.8 Å². The first-order chi connectivity index (χ1) is 10.4. The maximum Gasteiger partial charge on any atom is 0.435 e. The zero-order valence-corrected chi connectivity index (χ0v) is 10.8. The first kappa shape index (κ1) is 14.2. The minimum atomic E-state index is -4.67. The second kappa shape index (κ2) is 4.91. The summed E-state index contributed by atoms with van der Waals surface area (Å²) in [5.74, 6) is 0. The lowest BCUT2D eigenvalue weighted by Gasteiger charge is -2.11. The predicted molar refractivity (Wildman–Crippen MR) is 68.2 cm³/mol. The molecule has 0 unspecified atom stereocenters. The maximum absolute atomic E-state index is 13.0. The van der Waals surface area contributed by atoms with Crippen LogP contribution < -0.4 is 5.56 Å². The molecule has 22 heavy (non-hydrogen) atoms. The SMILES string of the molecule is O=c1[nH]c2cnn(-c3cccnc3C(F)(F)F)c2nc1CO. The van der Waals surface area contributed by atoms with Crippen LogP contribution >= 0.6 is 0 Å². The molecular formula is C12H8F3N5O2. The lowest BCUT2D eigenvalue weighted by Crippen LogP contribution is -2.17. The number of pyridine rings is 1. The zero-order chi connectivity index (χ0) is 15.9. The highest BCUT2D eigenvalue weighted by Gasteiger charge is 2.36. The van der Waals surface area contributed by atoms with E-state index in [0.717, 1.165) is 10.9 Å². The van der Waals surface area contributed by atoms with Crippen LogP contribution in [0.15, 0.2) is 29.3 Å². The second-order valence-corrected chi connectivity index (χ2v) is 4.33. The number of aliphatic hydroxyl groups excluding tert-OH is 1. The van der Waals surface area contributed by atoms with Crippen LogP contribution in [0.25, 0.3) is 16.9 Å². The van der Waals surface area contributed by atoms with Crippen molar-refractivity contribution in [3.05, 3.63) is 46.3 Å². The maximum atomic E-state index is 13.0. The average Bonchev–Trinajstić information content (AvgIpc) is 2.88. The number of hydrogen-bond acceptors (Lipinski definition) is 5. The molecule has 0 atom stereocenters. The molecule has 3 heterocycles. The monoisotopic (exact) mass is 311 g/mol. The fourth-order valence-electron chi connectivity index (χ4n) is 1.98. The van der Waals surface area contributed by atoms with Crippen molar-refractivity contribution in [2.45, 2.75) is 12.8 Å². The van der Waals surface area contributed by atoms with E-state index in [1.165, 1.54) is 18.3 Å². The van der Waals surface area contributed by atoms with Gasteiger partial charge in [-0.25, -0.2) is 14.6 Å². The average molecular weight is 311 g/mol. The van der Waals surface area contributed by atoms with Crippen LogP contribution in [0, 0.1) is 0 Å². The minimum absolute atomic E-state index is 0.0119. The molecule has 114 valence electrons. The largest absolute Gasteiger partial charge is 0.435 e. The molecule has 3 aromatic heterocycles. The highest BCUT2D eigenvalue weighted by atomic mass is 19.4. The van der Waals surface area contributed by atoms with Crippen molar-refractivity contribution in [2.24, 2.45) is 0 Å². The number of halogens is 3. The molecule has 0 saturated heterocycles. The Morgan fingerprint density at radius 2 is 2.14 bits per heavy atom.